The number of nitrogens with zero attached hydrogens (tertiary/aromatic N) is 1. The lowest BCUT2D eigenvalue weighted by atomic mass is 9.46. The molecule has 1 saturated carbocycles. The summed E-state index contributed by atoms with van der Waals surface area (Å²) >= 11 is 3.40. The molecule has 0 aromatic heterocycles. The van der Waals surface area contributed by atoms with Gasteiger partial charge in [-0.3, -0.25) is 0 Å². The van der Waals surface area contributed by atoms with Crippen molar-refractivity contribution in [2.24, 2.45) is 16.7 Å². The Bertz CT molecular complexity index is 526. The van der Waals surface area contributed by atoms with Crippen molar-refractivity contribution in [3.8, 4) is 11.8 Å². The summed E-state index contributed by atoms with van der Waals surface area (Å²) in [7, 11) is 0. The Morgan fingerprint density at radius 1 is 1.21 bits per heavy atom. The normalized spacial score (nSPS) is 27.2. The van der Waals surface area contributed by atoms with Gasteiger partial charge in [0.25, 0.3) is 0 Å². The van der Waals surface area contributed by atoms with Gasteiger partial charge in [0.05, 0.1) is 5.56 Å². The molecule has 0 atom stereocenters. The van der Waals surface area contributed by atoms with Crippen LogP contribution in [0.3, 0.4) is 0 Å². The highest BCUT2D eigenvalue weighted by Crippen LogP contribution is 2.59. The standard InChI is InChI=1S/C16H20BrNO/c1-10-15(2,3)14(16(10,4)5)19-12-7-6-11(9-18)13(17)8-12/h6-8,10,14H,1-5H3. The van der Waals surface area contributed by atoms with Crippen LogP contribution in [0.1, 0.15) is 40.2 Å². The molecule has 102 valence electrons. The van der Waals surface area contributed by atoms with Gasteiger partial charge < -0.3 is 4.74 Å². The van der Waals surface area contributed by atoms with Crippen LogP contribution in [0.5, 0.6) is 5.75 Å². The van der Waals surface area contributed by atoms with Crippen molar-refractivity contribution in [1.82, 2.24) is 0 Å². The lowest BCUT2D eigenvalue weighted by Gasteiger charge is -2.62. The molecule has 0 spiro atoms. The van der Waals surface area contributed by atoms with E-state index in [2.05, 4.69) is 56.6 Å². The maximum Gasteiger partial charge on any atom is 0.120 e. The fourth-order valence-corrected chi connectivity index (χ4v) is 3.82. The highest BCUT2D eigenvalue weighted by atomic mass is 79.9. The molecule has 1 aliphatic carbocycles. The minimum atomic E-state index is 0.171. The first kappa shape index (κ1) is 14.4. The molecule has 0 unspecified atom stereocenters. The molecule has 2 rings (SSSR count). The van der Waals surface area contributed by atoms with Crippen LogP contribution in [0.25, 0.3) is 0 Å². The van der Waals surface area contributed by atoms with Crippen LogP contribution >= 0.6 is 15.9 Å². The summed E-state index contributed by atoms with van der Waals surface area (Å²) in [6, 6.07) is 7.69. The molecule has 1 aliphatic rings. The zero-order chi connectivity index (χ0) is 14.4. The fourth-order valence-electron chi connectivity index (χ4n) is 3.38. The molecule has 1 aromatic carbocycles. The van der Waals surface area contributed by atoms with Crippen LogP contribution in [-0.2, 0) is 0 Å². The Kier molecular flexibility index (Phi) is 3.43. The van der Waals surface area contributed by atoms with Gasteiger partial charge in [-0.15, -0.1) is 0 Å². The number of halogens is 1. The maximum absolute atomic E-state index is 8.93. The van der Waals surface area contributed by atoms with E-state index >= 15 is 0 Å². The van der Waals surface area contributed by atoms with Gasteiger partial charge in [0.1, 0.15) is 17.9 Å². The van der Waals surface area contributed by atoms with Gasteiger partial charge >= 0.3 is 0 Å². The maximum atomic E-state index is 8.93. The number of nitriles is 1. The van der Waals surface area contributed by atoms with Crippen molar-refractivity contribution in [2.75, 3.05) is 0 Å². The van der Waals surface area contributed by atoms with E-state index in [1.165, 1.54) is 0 Å². The smallest absolute Gasteiger partial charge is 0.120 e. The summed E-state index contributed by atoms with van der Waals surface area (Å²) in [5.74, 6) is 1.44. The van der Waals surface area contributed by atoms with Gasteiger partial charge in [-0.1, -0.05) is 34.6 Å². The Balaban J connectivity index is 2.23. The first-order valence-electron chi connectivity index (χ1n) is 6.57. The second kappa shape index (κ2) is 4.52. The molecule has 0 bridgehead atoms. The Morgan fingerprint density at radius 2 is 1.79 bits per heavy atom. The van der Waals surface area contributed by atoms with Gasteiger partial charge in [0.15, 0.2) is 0 Å². The van der Waals surface area contributed by atoms with E-state index in [0.29, 0.717) is 11.5 Å². The van der Waals surface area contributed by atoms with Crippen LogP contribution in [0.2, 0.25) is 0 Å². The third-order valence-corrected chi connectivity index (χ3v) is 5.55. The van der Waals surface area contributed by atoms with E-state index in [1.54, 1.807) is 6.07 Å². The Hall–Kier alpha value is -1.01. The number of hydrogen-bond acceptors (Lipinski definition) is 2. The van der Waals surface area contributed by atoms with E-state index in [9.17, 15) is 0 Å². The molecular formula is C16H20BrNO. The highest BCUT2D eigenvalue weighted by molar-refractivity contribution is 9.10. The first-order chi connectivity index (χ1) is 8.71. The van der Waals surface area contributed by atoms with Crippen LogP contribution in [0.15, 0.2) is 22.7 Å². The molecule has 1 fully saturated rings. The largest absolute Gasteiger partial charge is 0.489 e. The molecule has 0 saturated heterocycles. The minimum absolute atomic E-state index is 0.171. The Morgan fingerprint density at radius 3 is 2.26 bits per heavy atom. The highest BCUT2D eigenvalue weighted by Gasteiger charge is 2.61. The third-order valence-electron chi connectivity index (χ3n) is 4.90. The quantitative estimate of drug-likeness (QED) is 0.786. The topological polar surface area (TPSA) is 33.0 Å². The molecule has 0 N–H and O–H groups in total. The predicted octanol–water partition coefficient (Wildman–Crippen LogP) is 4.77. The zero-order valence-electron chi connectivity index (χ0n) is 12.1. The summed E-state index contributed by atoms with van der Waals surface area (Å²) < 4.78 is 6.98. The molecule has 19 heavy (non-hydrogen) atoms. The second-order valence-corrected chi connectivity index (χ2v) is 7.47. The number of benzene rings is 1. The van der Waals surface area contributed by atoms with Gasteiger partial charge in [0, 0.05) is 15.3 Å². The van der Waals surface area contributed by atoms with E-state index in [-0.39, 0.29) is 16.9 Å². The monoisotopic (exact) mass is 321 g/mol. The molecule has 0 heterocycles. The van der Waals surface area contributed by atoms with Gasteiger partial charge in [0.2, 0.25) is 0 Å². The first-order valence-corrected chi connectivity index (χ1v) is 7.37. The summed E-state index contributed by atoms with van der Waals surface area (Å²) in [5.41, 5.74) is 0.973. The summed E-state index contributed by atoms with van der Waals surface area (Å²) in [4.78, 5) is 0. The second-order valence-electron chi connectivity index (χ2n) is 6.62. The van der Waals surface area contributed by atoms with Crippen molar-refractivity contribution in [3.05, 3.63) is 28.2 Å². The Labute approximate surface area is 123 Å². The van der Waals surface area contributed by atoms with Crippen LogP contribution in [-0.4, -0.2) is 6.10 Å². The lowest BCUT2D eigenvalue weighted by Crippen LogP contribution is -2.64. The molecular weight excluding hydrogens is 302 g/mol. The number of hydrogen-bond donors (Lipinski definition) is 0. The van der Waals surface area contributed by atoms with Crippen molar-refractivity contribution in [1.29, 1.82) is 5.26 Å². The zero-order valence-corrected chi connectivity index (χ0v) is 13.7. The summed E-state index contributed by atoms with van der Waals surface area (Å²) in [6.07, 6.45) is 0.190. The van der Waals surface area contributed by atoms with Gasteiger partial charge in [-0.25, -0.2) is 0 Å². The summed E-state index contributed by atoms with van der Waals surface area (Å²) in [5, 5.41) is 8.93. The molecule has 0 amide bonds. The van der Waals surface area contributed by atoms with Crippen molar-refractivity contribution < 1.29 is 4.74 Å². The average molecular weight is 322 g/mol. The molecule has 2 nitrogen and oxygen atoms in total. The number of rotatable bonds is 2. The van der Waals surface area contributed by atoms with Crippen LogP contribution < -0.4 is 4.74 Å². The van der Waals surface area contributed by atoms with Crippen molar-refractivity contribution in [2.45, 2.75) is 40.7 Å². The van der Waals surface area contributed by atoms with Gasteiger partial charge in [-0.2, -0.15) is 5.26 Å². The SMILES string of the molecule is CC1C(C)(C)C(Oc2ccc(C#N)c(Br)c2)C1(C)C. The molecule has 1 aromatic rings. The van der Waals surface area contributed by atoms with E-state index < -0.39 is 0 Å². The van der Waals surface area contributed by atoms with Crippen LogP contribution in [0.4, 0.5) is 0 Å². The summed E-state index contributed by atoms with van der Waals surface area (Å²) in [6.45, 7) is 11.3. The van der Waals surface area contributed by atoms with Crippen LogP contribution in [0, 0.1) is 28.1 Å². The van der Waals surface area contributed by atoms with E-state index in [4.69, 9.17) is 10.00 Å². The number of ether oxygens (including phenoxy) is 1. The molecule has 0 radical (unpaired) electrons. The van der Waals surface area contributed by atoms with Crippen molar-refractivity contribution >= 4 is 15.9 Å². The minimum Gasteiger partial charge on any atom is -0.489 e. The third kappa shape index (κ3) is 2.17. The van der Waals surface area contributed by atoms with E-state index in [1.807, 2.05) is 12.1 Å². The predicted molar refractivity (Wildman–Crippen MR) is 80.0 cm³/mol. The van der Waals surface area contributed by atoms with Crippen molar-refractivity contribution in [3.63, 3.8) is 0 Å². The molecule has 3 heteroatoms. The lowest BCUT2D eigenvalue weighted by molar-refractivity contribution is -0.190. The average Bonchev–Trinajstić information content (AvgIpc) is 2.34. The fraction of sp³-hybridized carbons (Fsp3) is 0.562. The molecule has 0 aliphatic heterocycles. The van der Waals surface area contributed by atoms with Gasteiger partial charge in [-0.05, 0) is 40.0 Å². The van der Waals surface area contributed by atoms with E-state index in [0.717, 1.165) is 10.2 Å².